The summed E-state index contributed by atoms with van der Waals surface area (Å²) in [6.45, 7) is 0. The largest absolute Gasteiger partial charge is 0.483 e. The predicted molar refractivity (Wildman–Crippen MR) is 106 cm³/mol. The van der Waals surface area contributed by atoms with E-state index in [1.165, 1.54) is 11.1 Å². The van der Waals surface area contributed by atoms with E-state index in [0.29, 0.717) is 5.11 Å². The van der Waals surface area contributed by atoms with Gasteiger partial charge in [-0.3, -0.25) is 4.79 Å². The number of rotatable bonds is 0. The van der Waals surface area contributed by atoms with E-state index in [-0.39, 0.29) is 5.91 Å². The highest BCUT2D eigenvalue weighted by Gasteiger charge is 2.67. The van der Waals surface area contributed by atoms with Crippen LogP contribution in [0.15, 0.2) is 46.9 Å². The summed E-state index contributed by atoms with van der Waals surface area (Å²) in [6.07, 6.45) is 3.24. The molecule has 4 nitrogen and oxygen atoms in total. The zero-order valence-corrected chi connectivity index (χ0v) is 16.4. The van der Waals surface area contributed by atoms with Gasteiger partial charge in [0, 0.05) is 10.0 Å². The molecular formula is C20H17BrN2O2S. The number of carbonyl (C=O) groups is 1. The van der Waals surface area contributed by atoms with Crippen LogP contribution in [0.1, 0.15) is 29.5 Å². The molecule has 3 aliphatic rings. The fourth-order valence-corrected chi connectivity index (χ4v) is 5.31. The van der Waals surface area contributed by atoms with Crippen molar-refractivity contribution in [2.45, 2.75) is 36.8 Å². The first-order chi connectivity index (χ1) is 12.5. The van der Waals surface area contributed by atoms with Crippen LogP contribution in [0.25, 0.3) is 0 Å². The molecule has 2 N–H and O–H groups in total. The molecule has 2 aromatic rings. The number of ether oxygens (including phenoxy) is 1. The lowest BCUT2D eigenvalue weighted by Gasteiger charge is -2.39. The van der Waals surface area contributed by atoms with Gasteiger partial charge in [-0.1, -0.05) is 40.2 Å². The molecule has 2 heterocycles. The van der Waals surface area contributed by atoms with Crippen LogP contribution in [0.5, 0.6) is 5.75 Å². The average Bonchev–Trinajstić information content (AvgIpc) is 2.98. The first-order valence-corrected chi connectivity index (χ1v) is 9.94. The van der Waals surface area contributed by atoms with Crippen molar-refractivity contribution in [1.82, 2.24) is 10.6 Å². The average molecular weight is 429 g/mol. The van der Waals surface area contributed by atoms with Crippen LogP contribution in [-0.4, -0.2) is 16.6 Å². The Balaban J connectivity index is 1.68. The van der Waals surface area contributed by atoms with Crippen molar-refractivity contribution < 1.29 is 9.53 Å². The zero-order chi connectivity index (χ0) is 17.9. The number of thiocarbonyl (C=S) groups is 1. The van der Waals surface area contributed by atoms with Gasteiger partial charge >= 0.3 is 0 Å². The minimum absolute atomic E-state index is 0.120. The second kappa shape index (κ2) is 5.54. The van der Waals surface area contributed by atoms with Crippen molar-refractivity contribution >= 4 is 39.2 Å². The van der Waals surface area contributed by atoms with Crippen LogP contribution in [0, 0.1) is 0 Å². The molecule has 132 valence electrons. The van der Waals surface area contributed by atoms with Gasteiger partial charge in [0.15, 0.2) is 10.7 Å². The Bertz CT molecular complexity index is 934. The Morgan fingerprint density at radius 1 is 1.08 bits per heavy atom. The van der Waals surface area contributed by atoms with E-state index < -0.39 is 11.1 Å². The van der Waals surface area contributed by atoms with Crippen molar-refractivity contribution in [3.63, 3.8) is 0 Å². The zero-order valence-electron chi connectivity index (χ0n) is 14.0. The van der Waals surface area contributed by atoms with Crippen molar-refractivity contribution in [2.24, 2.45) is 0 Å². The van der Waals surface area contributed by atoms with Crippen LogP contribution in [0.2, 0.25) is 0 Å². The number of carbonyl (C=O) groups excluding carboxylic acids is 1. The van der Waals surface area contributed by atoms with Crippen molar-refractivity contribution in [2.75, 3.05) is 0 Å². The number of amides is 1. The molecule has 0 bridgehead atoms. The molecule has 0 aromatic heterocycles. The molecule has 0 radical (unpaired) electrons. The van der Waals surface area contributed by atoms with Crippen molar-refractivity contribution in [1.29, 1.82) is 0 Å². The minimum atomic E-state index is -0.981. The molecule has 1 unspecified atom stereocenters. The van der Waals surface area contributed by atoms with E-state index in [1.54, 1.807) is 0 Å². The number of hydrogen-bond acceptors (Lipinski definition) is 3. The summed E-state index contributed by atoms with van der Waals surface area (Å²) < 4.78 is 7.47. The monoisotopic (exact) mass is 428 g/mol. The van der Waals surface area contributed by atoms with Gasteiger partial charge in [0.1, 0.15) is 11.4 Å². The topological polar surface area (TPSA) is 50.4 Å². The fourth-order valence-electron chi connectivity index (χ4n) is 4.70. The highest BCUT2D eigenvalue weighted by Crippen LogP contribution is 2.54. The standard InChI is InChI=1S/C20H17BrN2O2S/c21-14-5-6-16-15(11-14)20(17(24)22-18(26)23-20)19(25-16)9-7-12-3-1-2-4-13(12)8-10-19/h1-6,11H,7-10H2,(H2,22,23,24,26). The number of aryl methyl sites for hydroxylation is 2. The van der Waals surface area contributed by atoms with Crippen LogP contribution >= 0.6 is 28.1 Å². The SMILES string of the molecule is O=C1NC(=S)NC12c1cc(Br)ccc1OC21CCc2ccccc2CC1. The highest BCUT2D eigenvalue weighted by molar-refractivity contribution is 9.10. The number of fused-ring (bicyclic) bond motifs is 4. The first kappa shape index (κ1) is 16.3. The minimum Gasteiger partial charge on any atom is -0.483 e. The lowest BCUT2D eigenvalue weighted by Crippen LogP contribution is -2.61. The first-order valence-electron chi connectivity index (χ1n) is 8.74. The predicted octanol–water partition coefficient (Wildman–Crippen LogP) is 3.36. The Morgan fingerprint density at radius 3 is 2.38 bits per heavy atom. The van der Waals surface area contributed by atoms with Gasteiger partial charge in [-0.2, -0.15) is 0 Å². The summed E-state index contributed by atoms with van der Waals surface area (Å²) in [5, 5.41) is 6.48. The smallest absolute Gasteiger partial charge is 0.260 e. The summed E-state index contributed by atoms with van der Waals surface area (Å²) in [6, 6.07) is 14.3. The molecule has 1 fully saturated rings. The van der Waals surface area contributed by atoms with Crippen molar-refractivity contribution in [3.8, 4) is 5.75 Å². The van der Waals surface area contributed by atoms with Crippen LogP contribution < -0.4 is 15.4 Å². The van der Waals surface area contributed by atoms with Crippen LogP contribution in [0.3, 0.4) is 0 Å². The Morgan fingerprint density at radius 2 is 1.77 bits per heavy atom. The molecule has 5 rings (SSSR count). The van der Waals surface area contributed by atoms with Gasteiger partial charge in [-0.15, -0.1) is 0 Å². The van der Waals surface area contributed by atoms with Crippen molar-refractivity contribution in [3.05, 3.63) is 63.6 Å². The summed E-state index contributed by atoms with van der Waals surface area (Å²) >= 11 is 8.85. The van der Waals surface area contributed by atoms with E-state index in [1.807, 2.05) is 18.2 Å². The molecule has 2 aromatic carbocycles. The van der Waals surface area contributed by atoms with Gasteiger partial charge in [0.05, 0.1) is 0 Å². The van der Waals surface area contributed by atoms with Crippen LogP contribution in [0.4, 0.5) is 0 Å². The number of nitrogens with one attached hydrogen (secondary N) is 2. The number of hydrogen-bond donors (Lipinski definition) is 2. The van der Waals surface area contributed by atoms with Gasteiger partial charge < -0.3 is 15.4 Å². The van der Waals surface area contributed by atoms with E-state index >= 15 is 0 Å². The number of halogens is 1. The molecule has 0 saturated carbocycles. The molecule has 6 heteroatoms. The molecule has 26 heavy (non-hydrogen) atoms. The number of benzene rings is 2. The molecule has 1 aliphatic carbocycles. The van der Waals surface area contributed by atoms with E-state index in [2.05, 4.69) is 50.8 Å². The second-order valence-electron chi connectivity index (χ2n) is 7.16. The maximum Gasteiger partial charge on any atom is 0.260 e. The van der Waals surface area contributed by atoms with Gasteiger partial charge in [0.25, 0.3) is 5.91 Å². The molecular weight excluding hydrogens is 412 g/mol. The van der Waals surface area contributed by atoms with Gasteiger partial charge in [0.2, 0.25) is 0 Å². The summed E-state index contributed by atoms with van der Waals surface area (Å²) in [4.78, 5) is 13.2. The lowest BCUT2D eigenvalue weighted by atomic mass is 9.72. The maximum absolute atomic E-state index is 13.2. The molecule has 2 spiro atoms. The quantitative estimate of drug-likeness (QED) is 0.631. The van der Waals surface area contributed by atoms with E-state index in [9.17, 15) is 4.79 Å². The third-order valence-corrected chi connectivity index (χ3v) is 6.62. The second-order valence-corrected chi connectivity index (χ2v) is 8.49. The third-order valence-electron chi connectivity index (χ3n) is 5.92. The van der Waals surface area contributed by atoms with E-state index in [4.69, 9.17) is 17.0 Å². The molecule has 1 saturated heterocycles. The summed E-state index contributed by atoms with van der Waals surface area (Å²) in [5.41, 5.74) is 1.88. The highest BCUT2D eigenvalue weighted by atomic mass is 79.9. The Hall–Kier alpha value is -1.92. The molecule has 1 amide bonds. The van der Waals surface area contributed by atoms with E-state index in [0.717, 1.165) is 41.5 Å². The Labute approximate surface area is 165 Å². The fraction of sp³-hybridized carbons (Fsp3) is 0.300. The summed E-state index contributed by atoms with van der Waals surface area (Å²) in [7, 11) is 0. The maximum atomic E-state index is 13.2. The normalized spacial score (nSPS) is 25.3. The van der Waals surface area contributed by atoms with Crippen LogP contribution in [-0.2, 0) is 23.2 Å². The van der Waals surface area contributed by atoms with Gasteiger partial charge in [-0.05, 0) is 67.2 Å². The lowest BCUT2D eigenvalue weighted by molar-refractivity contribution is -0.132. The third kappa shape index (κ3) is 2.06. The molecule has 1 atom stereocenters. The van der Waals surface area contributed by atoms with Gasteiger partial charge in [-0.25, -0.2) is 0 Å². The Kier molecular flexibility index (Phi) is 3.46. The molecule has 2 aliphatic heterocycles. The summed E-state index contributed by atoms with van der Waals surface area (Å²) in [5.74, 6) is 0.636.